The molecule has 1 fully saturated rings. The molecule has 0 aliphatic carbocycles. The van der Waals surface area contributed by atoms with Gasteiger partial charge in [-0.1, -0.05) is 6.07 Å². The van der Waals surface area contributed by atoms with Crippen LogP contribution in [0.5, 0.6) is 0 Å². The first-order valence-corrected chi connectivity index (χ1v) is 5.54. The Morgan fingerprint density at radius 3 is 2.44 bits per heavy atom. The number of halogens is 2. The van der Waals surface area contributed by atoms with Gasteiger partial charge < -0.3 is 4.74 Å². The minimum Gasteiger partial charge on any atom is -0.393 e. The average Bonchev–Trinajstić information content (AvgIpc) is 2.20. The maximum absolute atomic E-state index is 13.3. The quantitative estimate of drug-likeness (QED) is 0.589. The fourth-order valence-corrected chi connectivity index (χ4v) is 1.93. The van der Waals surface area contributed by atoms with Gasteiger partial charge in [0.15, 0.2) is 0 Å². The Kier molecular flexibility index (Phi) is 3.05. The molecule has 84 valence electrons. The van der Waals surface area contributed by atoms with Crippen molar-refractivity contribution in [1.82, 2.24) is 0 Å². The molecule has 0 amide bonds. The lowest BCUT2D eigenvalue weighted by Gasteiger charge is -2.20. The van der Waals surface area contributed by atoms with Crippen molar-refractivity contribution in [3.63, 3.8) is 0 Å². The van der Waals surface area contributed by atoms with Crippen LogP contribution in [0.15, 0.2) is 22.7 Å². The number of hydrogen-bond donors (Lipinski definition) is 0. The van der Waals surface area contributed by atoms with Crippen LogP contribution in [0.3, 0.4) is 0 Å². The van der Waals surface area contributed by atoms with Gasteiger partial charge in [0.1, 0.15) is 5.82 Å². The zero-order valence-electron chi connectivity index (χ0n) is 8.20. The van der Waals surface area contributed by atoms with Crippen molar-refractivity contribution in [2.24, 2.45) is 0 Å². The van der Waals surface area contributed by atoms with Crippen LogP contribution in [-0.4, -0.2) is 11.9 Å². The summed E-state index contributed by atoms with van der Waals surface area (Å²) in [6.07, 6.45) is 0.236. The van der Waals surface area contributed by atoms with Crippen LogP contribution in [0.1, 0.15) is 24.3 Å². The van der Waals surface area contributed by atoms with E-state index in [4.69, 9.17) is 0 Å². The first kappa shape index (κ1) is 11.3. The Morgan fingerprint density at radius 1 is 1.25 bits per heavy atom. The highest BCUT2D eigenvalue weighted by Gasteiger charge is 2.28. The SMILES string of the molecule is O=C1CC(c2ccc(Br)c(F)c2)CC(=O)O1. The summed E-state index contributed by atoms with van der Waals surface area (Å²) >= 11 is 3.04. The Hall–Kier alpha value is -1.23. The Labute approximate surface area is 99.7 Å². The molecular formula is C11H8BrFO3. The van der Waals surface area contributed by atoms with Crippen molar-refractivity contribution in [1.29, 1.82) is 0 Å². The summed E-state index contributed by atoms with van der Waals surface area (Å²) in [5.41, 5.74) is 0.644. The van der Waals surface area contributed by atoms with Crippen LogP contribution < -0.4 is 0 Å². The smallest absolute Gasteiger partial charge is 0.314 e. The minimum atomic E-state index is -0.551. The minimum absolute atomic E-state index is 0.118. The van der Waals surface area contributed by atoms with E-state index in [0.717, 1.165) is 0 Å². The van der Waals surface area contributed by atoms with E-state index in [1.807, 2.05) is 0 Å². The van der Waals surface area contributed by atoms with E-state index >= 15 is 0 Å². The average molecular weight is 287 g/mol. The summed E-state index contributed by atoms with van der Waals surface area (Å²) in [6, 6.07) is 4.60. The highest BCUT2D eigenvalue weighted by molar-refractivity contribution is 9.10. The second kappa shape index (κ2) is 4.33. The standard InChI is InChI=1S/C11H8BrFO3/c12-8-2-1-6(3-9(8)13)7-4-10(14)16-11(15)5-7/h1-3,7H,4-5H2. The van der Waals surface area contributed by atoms with Gasteiger partial charge in [-0.05, 0) is 33.6 Å². The fraction of sp³-hybridized carbons (Fsp3) is 0.273. The van der Waals surface area contributed by atoms with Gasteiger partial charge in [0, 0.05) is 5.92 Å². The van der Waals surface area contributed by atoms with Crippen molar-refractivity contribution >= 4 is 27.9 Å². The number of hydrogen-bond acceptors (Lipinski definition) is 3. The zero-order chi connectivity index (χ0) is 11.7. The van der Waals surface area contributed by atoms with Crippen LogP contribution in [0, 0.1) is 5.82 Å². The van der Waals surface area contributed by atoms with E-state index in [-0.39, 0.29) is 18.8 Å². The van der Waals surface area contributed by atoms with Crippen LogP contribution in [0.25, 0.3) is 0 Å². The maximum Gasteiger partial charge on any atom is 0.314 e. The van der Waals surface area contributed by atoms with E-state index in [0.29, 0.717) is 10.0 Å². The molecule has 1 aliphatic rings. The molecule has 0 unspecified atom stereocenters. The number of cyclic esters (lactones) is 2. The number of esters is 2. The lowest BCUT2D eigenvalue weighted by Crippen LogP contribution is -2.24. The van der Waals surface area contributed by atoms with Crippen LogP contribution in [-0.2, 0) is 14.3 Å². The molecule has 1 aromatic carbocycles. The molecule has 0 atom stereocenters. The molecule has 16 heavy (non-hydrogen) atoms. The summed E-state index contributed by atoms with van der Waals surface area (Å²) in [5, 5.41) is 0. The van der Waals surface area contributed by atoms with E-state index in [2.05, 4.69) is 20.7 Å². The molecule has 0 aromatic heterocycles. The predicted octanol–water partition coefficient (Wildman–Crippen LogP) is 2.54. The van der Waals surface area contributed by atoms with Gasteiger partial charge in [-0.2, -0.15) is 0 Å². The molecule has 0 bridgehead atoms. The molecule has 1 saturated heterocycles. The third-order valence-corrected chi connectivity index (χ3v) is 3.11. The zero-order valence-corrected chi connectivity index (χ0v) is 9.79. The van der Waals surface area contributed by atoms with Crippen molar-refractivity contribution in [3.8, 4) is 0 Å². The highest BCUT2D eigenvalue weighted by Crippen LogP contribution is 2.30. The van der Waals surface area contributed by atoms with E-state index in [1.54, 1.807) is 12.1 Å². The van der Waals surface area contributed by atoms with E-state index < -0.39 is 17.8 Å². The van der Waals surface area contributed by atoms with Crippen LogP contribution >= 0.6 is 15.9 Å². The molecule has 5 heteroatoms. The van der Waals surface area contributed by atoms with Gasteiger partial charge in [-0.25, -0.2) is 4.39 Å². The molecule has 1 heterocycles. The van der Waals surface area contributed by atoms with Crippen molar-refractivity contribution < 1.29 is 18.7 Å². The van der Waals surface area contributed by atoms with Crippen molar-refractivity contribution in [2.75, 3.05) is 0 Å². The molecule has 0 saturated carbocycles. The lowest BCUT2D eigenvalue weighted by molar-refractivity contribution is -0.163. The second-order valence-corrected chi connectivity index (χ2v) is 4.48. The van der Waals surface area contributed by atoms with Gasteiger partial charge in [-0.15, -0.1) is 0 Å². The van der Waals surface area contributed by atoms with Crippen LogP contribution in [0.4, 0.5) is 4.39 Å². The fourth-order valence-electron chi connectivity index (χ4n) is 1.69. The first-order chi connectivity index (χ1) is 7.56. The third-order valence-electron chi connectivity index (χ3n) is 2.47. The topological polar surface area (TPSA) is 43.4 Å². The molecule has 0 spiro atoms. The summed E-state index contributed by atoms with van der Waals surface area (Å²) < 4.78 is 18.1. The summed E-state index contributed by atoms with van der Waals surface area (Å²) in [4.78, 5) is 22.1. The van der Waals surface area contributed by atoms with Gasteiger partial charge in [0.25, 0.3) is 0 Å². The predicted molar refractivity (Wildman–Crippen MR) is 57.2 cm³/mol. The highest BCUT2D eigenvalue weighted by atomic mass is 79.9. The molecule has 1 aromatic rings. The molecule has 3 nitrogen and oxygen atoms in total. The summed E-state index contributed by atoms with van der Waals surface area (Å²) in [5.74, 6) is -1.78. The summed E-state index contributed by atoms with van der Waals surface area (Å²) in [6.45, 7) is 0. The Balaban J connectivity index is 2.26. The van der Waals surface area contributed by atoms with Crippen molar-refractivity contribution in [2.45, 2.75) is 18.8 Å². The maximum atomic E-state index is 13.3. The molecule has 0 N–H and O–H groups in total. The number of benzene rings is 1. The lowest BCUT2D eigenvalue weighted by atomic mass is 9.91. The Morgan fingerprint density at radius 2 is 1.88 bits per heavy atom. The monoisotopic (exact) mass is 286 g/mol. The normalized spacial score (nSPS) is 17.4. The summed E-state index contributed by atoms with van der Waals surface area (Å²) in [7, 11) is 0. The van der Waals surface area contributed by atoms with Crippen molar-refractivity contribution in [3.05, 3.63) is 34.1 Å². The third kappa shape index (κ3) is 2.29. The number of ether oxygens (including phenoxy) is 1. The molecular weight excluding hydrogens is 279 g/mol. The number of carbonyl (C=O) groups is 2. The van der Waals surface area contributed by atoms with E-state index in [9.17, 15) is 14.0 Å². The molecule has 2 rings (SSSR count). The second-order valence-electron chi connectivity index (χ2n) is 3.62. The number of carbonyl (C=O) groups excluding carboxylic acids is 2. The van der Waals surface area contributed by atoms with Gasteiger partial charge in [-0.3, -0.25) is 9.59 Å². The van der Waals surface area contributed by atoms with E-state index in [1.165, 1.54) is 6.07 Å². The number of rotatable bonds is 1. The molecule has 1 aliphatic heterocycles. The van der Waals surface area contributed by atoms with Gasteiger partial charge in [0.2, 0.25) is 0 Å². The largest absolute Gasteiger partial charge is 0.393 e. The molecule has 0 radical (unpaired) electrons. The first-order valence-electron chi connectivity index (χ1n) is 4.74. The van der Waals surface area contributed by atoms with Crippen LogP contribution in [0.2, 0.25) is 0 Å². The van der Waals surface area contributed by atoms with Gasteiger partial charge >= 0.3 is 11.9 Å². The Bertz CT molecular complexity index is 443. The van der Waals surface area contributed by atoms with Gasteiger partial charge in [0.05, 0.1) is 17.3 Å².